The first-order valence-corrected chi connectivity index (χ1v) is 22.2. The van der Waals surface area contributed by atoms with E-state index in [2.05, 4.69) is 72.8 Å². The van der Waals surface area contributed by atoms with Crippen molar-refractivity contribution in [1.29, 1.82) is 0 Å². The van der Waals surface area contributed by atoms with E-state index in [0.29, 0.717) is 86.6 Å². The fourth-order valence-electron chi connectivity index (χ4n) is 9.22. The smallest absolute Gasteiger partial charge is 0.229 e. The Bertz CT molecular complexity index is 2260. The van der Waals surface area contributed by atoms with E-state index in [1.807, 2.05) is 16.9 Å². The average molecular weight is 870 g/mol. The lowest BCUT2D eigenvalue weighted by Gasteiger charge is -2.36. The third-order valence-electron chi connectivity index (χ3n) is 12.5. The van der Waals surface area contributed by atoms with Gasteiger partial charge < -0.3 is 41.4 Å². The molecule has 0 spiro atoms. The average Bonchev–Trinajstić information content (AvgIpc) is 3.82. The summed E-state index contributed by atoms with van der Waals surface area (Å²) in [5, 5.41) is 32.5. The fraction of sp³-hybridized carbons (Fsp3) is 0.556. The number of aromatic nitrogens is 6. The highest BCUT2D eigenvalue weighted by molar-refractivity contribution is 5.93. The minimum Gasteiger partial charge on any atom is -0.376 e. The minimum atomic E-state index is -0.629. The van der Waals surface area contributed by atoms with E-state index >= 15 is 8.78 Å². The molecule has 4 saturated heterocycles. The Morgan fingerprint density at radius 1 is 0.746 bits per heavy atom. The first kappa shape index (κ1) is 44.3. The summed E-state index contributed by atoms with van der Waals surface area (Å²) in [6, 6.07) is 6.68. The third kappa shape index (κ3) is 11.6. The SMILES string of the molecule is CC1(C)CC(CNc2cc(-c3cc(NC(=O)C4CCNC4)ncc3F)c[n+](CC3(C)CC(CNc4cc(-c5cc(NC(=O)C6CCCNC6)ncc5F)cnn4)CCO3)n2)CCO1. The van der Waals surface area contributed by atoms with Gasteiger partial charge in [0.25, 0.3) is 0 Å². The molecule has 5 unspecified atom stereocenters. The van der Waals surface area contributed by atoms with Gasteiger partial charge in [-0.1, -0.05) is 4.68 Å². The second-order valence-electron chi connectivity index (χ2n) is 18.3. The molecule has 8 rings (SSSR count). The summed E-state index contributed by atoms with van der Waals surface area (Å²) in [6.07, 6.45) is 11.3. The molecule has 0 saturated carbocycles. The van der Waals surface area contributed by atoms with Crippen molar-refractivity contribution < 1.29 is 32.5 Å². The monoisotopic (exact) mass is 869 g/mol. The lowest BCUT2D eigenvalue weighted by molar-refractivity contribution is -0.764. The van der Waals surface area contributed by atoms with Gasteiger partial charge in [0.1, 0.15) is 34.7 Å². The predicted molar refractivity (Wildman–Crippen MR) is 233 cm³/mol. The van der Waals surface area contributed by atoms with Crippen LogP contribution in [0.15, 0.2) is 49.1 Å². The molecule has 4 fully saturated rings. The molecule has 4 aromatic rings. The molecule has 0 radical (unpaired) electrons. The van der Waals surface area contributed by atoms with Gasteiger partial charge in [-0.2, -0.15) is 5.10 Å². The number of anilines is 4. The van der Waals surface area contributed by atoms with Crippen LogP contribution in [-0.4, -0.2) is 101 Å². The summed E-state index contributed by atoms with van der Waals surface area (Å²) in [4.78, 5) is 34.1. The molecular formula is C45H59F2N12O4+. The lowest BCUT2D eigenvalue weighted by Crippen LogP contribution is -2.53. The van der Waals surface area contributed by atoms with Crippen molar-refractivity contribution in [3.63, 3.8) is 0 Å². The van der Waals surface area contributed by atoms with Gasteiger partial charge in [-0.25, -0.2) is 18.7 Å². The van der Waals surface area contributed by atoms with Gasteiger partial charge in [0.15, 0.2) is 5.82 Å². The molecule has 5 atom stereocenters. The maximum Gasteiger partial charge on any atom is 0.229 e. The fourth-order valence-corrected chi connectivity index (χ4v) is 9.22. The van der Waals surface area contributed by atoms with Crippen LogP contribution in [0, 0.1) is 35.3 Å². The van der Waals surface area contributed by atoms with Gasteiger partial charge in [0.05, 0.1) is 41.6 Å². The van der Waals surface area contributed by atoms with Gasteiger partial charge in [-0.3, -0.25) is 9.59 Å². The van der Waals surface area contributed by atoms with Gasteiger partial charge in [-0.05, 0) is 109 Å². The first-order chi connectivity index (χ1) is 30.4. The van der Waals surface area contributed by atoms with Crippen LogP contribution in [0.4, 0.5) is 32.1 Å². The molecule has 2 amide bonds. The van der Waals surface area contributed by atoms with E-state index in [9.17, 15) is 9.59 Å². The molecule has 336 valence electrons. The molecule has 0 aromatic carbocycles. The molecule has 18 heteroatoms. The maximum atomic E-state index is 15.7. The summed E-state index contributed by atoms with van der Waals surface area (Å²) in [6.45, 7) is 12.0. The Morgan fingerprint density at radius 3 is 2.02 bits per heavy atom. The number of halogens is 2. The van der Waals surface area contributed by atoms with Gasteiger partial charge >= 0.3 is 0 Å². The molecule has 16 nitrogen and oxygen atoms in total. The van der Waals surface area contributed by atoms with Crippen molar-refractivity contribution in [3.8, 4) is 22.3 Å². The Hall–Kier alpha value is -5.30. The molecule has 8 heterocycles. The van der Waals surface area contributed by atoms with Crippen LogP contribution < -0.4 is 36.6 Å². The Kier molecular flexibility index (Phi) is 13.8. The van der Waals surface area contributed by atoms with E-state index in [1.165, 1.54) is 12.3 Å². The summed E-state index contributed by atoms with van der Waals surface area (Å²) in [5.41, 5.74) is 0.784. The number of carbonyl (C=O) groups excluding carboxylic acids is 2. The zero-order valence-corrected chi connectivity index (χ0v) is 36.3. The largest absolute Gasteiger partial charge is 0.376 e. The van der Waals surface area contributed by atoms with Gasteiger partial charge in [0.2, 0.25) is 24.6 Å². The highest BCUT2D eigenvalue weighted by atomic mass is 19.1. The van der Waals surface area contributed by atoms with E-state index in [0.717, 1.165) is 64.0 Å². The van der Waals surface area contributed by atoms with Crippen LogP contribution in [0.25, 0.3) is 22.3 Å². The number of amides is 2. The maximum absolute atomic E-state index is 15.7. The van der Waals surface area contributed by atoms with Crippen LogP contribution in [0.5, 0.6) is 0 Å². The van der Waals surface area contributed by atoms with Crippen molar-refractivity contribution in [2.75, 3.05) is 73.7 Å². The van der Waals surface area contributed by atoms with Crippen molar-refractivity contribution >= 4 is 35.1 Å². The Labute approximate surface area is 366 Å². The zero-order chi connectivity index (χ0) is 44.0. The van der Waals surface area contributed by atoms with Crippen molar-refractivity contribution in [1.82, 2.24) is 35.9 Å². The molecule has 6 N–H and O–H groups in total. The lowest BCUT2D eigenvalue weighted by atomic mass is 9.87. The van der Waals surface area contributed by atoms with Crippen LogP contribution in [0.3, 0.4) is 0 Å². The highest BCUT2D eigenvalue weighted by Gasteiger charge is 2.38. The molecule has 4 aliphatic rings. The van der Waals surface area contributed by atoms with E-state index in [4.69, 9.17) is 14.6 Å². The molecule has 4 aromatic heterocycles. The normalized spacial score (nSPS) is 24.7. The summed E-state index contributed by atoms with van der Waals surface area (Å²) in [7, 11) is 0. The van der Waals surface area contributed by atoms with Crippen LogP contribution in [0.2, 0.25) is 0 Å². The summed E-state index contributed by atoms with van der Waals surface area (Å²) < 4.78 is 45.0. The third-order valence-corrected chi connectivity index (χ3v) is 12.5. The molecule has 63 heavy (non-hydrogen) atoms. The molecule has 4 aliphatic heterocycles. The summed E-state index contributed by atoms with van der Waals surface area (Å²) in [5.74, 6) is 0.502. The number of piperidine rings is 1. The quantitative estimate of drug-likeness (QED) is 0.0933. The minimum absolute atomic E-state index is 0.143. The first-order valence-electron chi connectivity index (χ1n) is 22.2. The van der Waals surface area contributed by atoms with Crippen molar-refractivity contribution in [2.24, 2.45) is 23.7 Å². The Morgan fingerprint density at radius 2 is 1.37 bits per heavy atom. The number of rotatable bonds is 14. The van der Waals surface area contributed by atoms with Gasteiger partial charge in [-0.15, -0.1) is 5.10 Å². The predicted octanol–water partition coefficient (Wildman–Crippen LogP) is 4.96. The van der Waals surface area contributed by atoms with Crippen LogP contribution in [0.1, 0.15) is 65.7 Å². The second kappa shape index (κ2) is 19.6. The number of hydrogen-bond donors (Lipinski definition) is 6. The number of nitrogens with zero attached hydrogens (tertiary/aromatic N) is 6. The number of nitrogens with one attached hydrogen (secondary N) is 6. The molecular weight excluding hydrogens is 811 g/mol. The zero-order valence-electron chi connectivity index (χ0n) is 36.3. The van der Waals surface area contributed by atoms with Crippen molar-refractivity contribution in [2.45, 2.75) is 83.5 Å². The van der Waals surface area contributed by atoms with E-state index in [1.54, 1.807) is 12.1 Å². The molecule has 0 bridgehead atoms. The molecule has 0 aliphatic carbocycles. The number of ether oxygens (including phenoxy) is 2. The van der Waals surface area contributed by atoms with Crippen LogP contribution in [-0.2, 0) is 25.6 Å². The standard InChI is InChI=1S/C45H58F2N12O4/c1-44(2)17-28(7-11-62-44)19-51-41-14-33(35-16-39(53-25-37(35)47)56-43(61)31-6-10-49-22-31)26-59(58-41)27-45(3)18-29(8-12-63-45)20-50-40-13-32(23-54-57-40)34-15-38(52-24-36(34)46)55-42(60)30-5-4-9-48-21-30/h13-16,23-26,28-31,48-49H,4-12,17-22,27H2,1-3H3,(H3-,50,51,52,53,55,56,57,58,60,61)/p+1. The van der Waals surface area contributed by atoms with Crippen molar-refractivity contribution in [3.05, 3.63) is 60.7 Å². The number of carbonyl (C=O) groups is 2. The van der Waals surface area contributed by atoms with Gasteiger partial charge in [0, 0.05) is 67.2 Å². The van der Waals surface area contributed by atoms with Crippen LogP contribution >= 0.6 is 0 Å². The van der Waals surface area contributed by atoms with E-state index < -0.39 is 17.2 Å². The number of pyridine rings is 2. The second-order valence-corrected chi connectivity index (χ2v) is 18.3. The highest BCUT2D eigenvalue weighted by Crippen LogP contribution is 2.33. The Balaban J connectivity index is 0.959. The topological polar surface area (TPSA) is 193 Å². The summed E-state index contributed by atoms with van der Waals surface area (Å²) >= 11 is 0. The van der Waals surface area contributed by atoms with E-state index in [-0.39, 0.29) is 52.4 Å². The number of hydrogen-bond acceptors (Lipinski definition) is 13.